The number of nitrogens with one attached hydrogen (secondary N) is 1. The molecule has 0 spiro atoms. The molecule has 8 bridgehead atoms. The van der Waals surface area contributed by atoms with Crippen LogP contribution in [0.3, 0.4) is 0 Å². The van der Waals surface area contributed by atoms with Gasteiger partial charge in [0, 0.05) is 52.8 Å². The van der Waals surface area contributed by atoms with E-state index in [9.17, 15) is 20.0 Å². The van der Waals surface area contributed by atoms with Crippen molar-refractivity contribution in [1.82, 2.24) is 5.32 Å². The van der Waals surface area contributed by atoms with Crippen LogP contribution in [0.15, 0.2) is 118 Å². The molecule has 0 aromatic rings. The molecule has 240 valence electrons. The predicted molar refractivity (Wildman–Crippen MR) is 179 cm³/mol. The fraction of sp³-hybridized carbons (Fsp3) is 0.351. The van der Waals surface area contributed by atoms with Crippen LogP contribution in [-0.4, -0.2) is 48.4 Å². The third kappa shape index (κ3) is 5.26. The van der Waals surface area contributed by atoms with Crippen LogP contribution in [0, 0.1) is 23.2 Å². The van der Waals surface area contributed by atoms with Gasteiger partial charge in [0.2, 0.25) is 0 Å². The maximum Gasteiger partial charge on any atom is 0.348 e. The summed E-state index contributed by atoms with van der Waals surface area (Å²) in [5.74, 6) is -0.852. The van der Waals surface area contributed by atoms with Gasteiger partial charge in [-0.3, -0.25) is 4.79 Å². The number of esters is 2. The van der Waals surface area contributed by atoms with E-state index < -0.39 is 5.97 Å². The molecular formula is C37H37N5O5. The number of hydrogen-bond donors (Lipinski definition) is 2. The minimum atomic E-state index is -0.728. The number of aliphatic imine (C=N–C) groups is 3. The summed E-state index contributed by atoms with van der Waals surface area (Å²) in [5, 5.41) is 24.7. The number of methoxy groups -OCH3 is 2. The van der Waals surface area contributed by atoms with Crippen molar-refractivity contribution in [2.45, 2.75) is 60.3 Å². The Morgan fingerprint density at radius 1 is 1.04 bits per heavy atom. The van der Waals surface area contributed by atoms with Crippen molar-refractivity contribution in [3.8, 4) is 6.07 Å². The molecule has 0 saturated carbocycles. The van der Waals surface area contributed by atoms with Gasteiger partial charge in [-0.15, -0.1) is 0 Å². The third-order valence-electron chi connectivity index (χ3n) is 9.80. The summed E-state index contributed by atoms with van der Waals surface area (Å²) in [6.45, 7) is 10.1. The van der Waals surface area contributed by atoms with Crippen molar-refractivity contribution in [2.24, 2.45) is 26.8 Å². The second-order valence-corrected chi connectivity index (χ2v) is 12.3. The number of carbonyl (C=O) groups is 2. The minimum Gasteiger partial charge on any atom is -0.511 e. The van der Waals surface area contributed by atoms with E-state index in [0.717, 1.165) is 74.1 Å². The molecule has 2 atom stereocenters. The molecule has 5 aliphatic heterocycles. The number of ether oxygens (including phenoxy) is 2. The monoisotopic (exact) mass is 631 g/mol. The third-order valence-corrected chi connectivity index (χ3v) is 9.80. The molecular weight excluding hydrogens is 594 g/mol. The molecule has 2 N–H and O–H groups in total. The van der Waals surface area contributed by atoms with E-state index in [1.54, 1.807) is 0 Å². The van der Waals surface area contributed by atoms with Crippen molar-refractivity contribution < 1.29 is 24.2 Å². The van der Waals surface area contributed by atoms with Gasteiger partial charge in [0.15, 0.2) is 0 Å². The molecule has 0 unspecified atom stereocenters. The topological polar surface area (TPSA) is 146 Å². The summed E-state index contributed by atoms with van der Waals surface area (Å²) in [5.41, 5.74) is 11.9. The van der Waals surface area contributed by atoms with Crippen LogP contribution < -0.4 is 5.32 Å². The molecule has 0 amide bonds. The highest BCUT2D eigenvalue weighted by atomic mass is 16.5. The van der Waals surface area contributed by atoms with Crippen LogP contribution in [0.4, 0.5) is 0 Å². The number of hydrogen-bond acceptors (Lipinski definition) is 10. The second-order valence-electron chi connectivity index (χ2n) is 12.3. The van der Waals surface area contributed by atoms with Gasteiger partial charge >= 0.3 is 11.9 Å². The van der Waals surface area contributed by atoms with Crippen LogP contribution in [0.5, 0.6) is 0 Å². The average molecular weight is 632 g/mol. The van der Waals surface area contributed by atoms with Gasteiger partial charge in [-0.2, -0.15) is 5.26 Å². The van der Waals surface area contributed by atoms with Crippen LogP contribution >= 0.6 is 0 Å². The summed E-state index contributed by atoms with van der Waals surface area (Å²) in [6, 6.07) is 1.96. The molecule has 0 aromatic heterocycles. The highest BCUT2D eigenvalue weighted by Gasteiger charge is 2.41. The van der Waals surface area contributed by atoms with E-state index in [1.165, 1.54) is 20.3 Å². The Balaban J connectivity index is 1.61. The molecule has 0 aromatic carbocycles. The smallest absolute Gasteiger partial charge is 0.348 e. The second kappa shape index (κ2) is 12.1. The molecule has 6 rings (SSSR count). The molecule has 47 heavy (non-hydrogen) atoms. The van der Waals surface area contributed by atoms with Gasteiger partial charge in [0.05, 0.1) is 48.4 Å². The lowest BCUT2D eigenvalue weighted by atomic mass is 9.86. The fourth-order valence-electron chi connectivity index (χ4n) is 7.07. The zero-order valence-corrected chi connectivity index (χ0v) is 27.7. The highest BCUT2D eigenvalue weighted by molar-refractivity contribution is 6.21. The van der Waals surface area contributed by atoms with Gasteiger partial charge in [-0.25, -0.2) is 19.8 Å². The Morgan fingerprint density at radius 3 is 2.45 bits per heavy atom. The first-order valence-electron chi connectivity index (χ1n) is 15.7. The molecule has 10 nitrogen and oxygen atoms in total. The van der Waals surface area contributed by atoms with Crippen molar-refractivity contribution >= 4 is 29.1 Å². The Kier molecular flexibility index (Phi) is 8.18. The number of allylic oxidation sites excluding steroid dienone is 12. The maximum atomic E-state index is 12.4. The van der Waals surface area contributed by atoms with Crippen molar-refractivity contribution in [2.75, 3.05) is 14.2 Å². The van der Waals surface area contributed by atoms with Crippen molar-refractivity contribution in [1.29, 1.82) is 5.26 Å². The van der Waals surface area contributed by atoms with Gasteiger partial charge in [-0.1, -0.05) is 13.8 Å². The molecule has 1 aliphatic carbocycles. The van der Waals surface area contributed by atoms with Gasteiger partial charge in [0.1, 0.15) is 17.4 Å². The summed E-state index contributed by atoms with van der Waals surface area (Å²) in [6.07, 6.45) is 9.23. The number of rotatable bonds is 6. The lowest BCUT2D eigenvalue weighted by Crippen LogP contribution is -2.16. The average Bonchev–Trinajstić information content (AvgIpc) is 3.81. The number of aliphatic hydroxyl groups excluding tert-OH is 1. The highest BCUT2D eigenvalue weighted by Crippen LogP contribution is 2.46. The normalized spacial score (nSPS) is 23.4. The standard InChI is InChI=1S/C37H37N5O5/c1-8-22-17(2)27-14-31-24(11-21(16-38)37(45)47-7)19(4)26(40-31)13-28-18(3)23(9-10-33(44)46-6)35(41-28)25-12-32(43)34-20(5)29(42-36(25)34)15-30(22)39-27/h11,13-15,18,23,41,43H,8-10,12H2,1-7H3/b21-11+,28-13?,30-15?,31-14?,35-25?/t18-,23+/m1/s1. The van der Waals surface area contributed by atoms with E-state index in [2.05, 4.69) is 19.2 Å². The van der Waals surface area contributed by atoms with E-state index >= 15 is 0 Å². The van der Waals surface area contributed by atoms with Crippen LogP contribution in [-0.2, 0) is 19.1 Å². The van der Waals surface area contributed by atoms with Crippen LogP contribution in [0.2, 0.25) is 0 Å². The number of carbonyl (C=O) groups excluding carboxylic acids is 2. The van der Waals surface area contributed by atoms with Crippen LogP contribution in [0.25, 0.3) is 0 Å². The first kappa shape index (κ1) is 31.7. The predicted octanol–water partition coefficient (Wildman–Crippen LogP) is 6.23. The SMILES string of the molecule is CCC1=C(C)C2=NC1=CC1=C(C)C3=C(O)CC(=C4NC(=CC5=NC(=C2)C(/C=C(\C#N)C(=O)OC)=C5C)[C@H](C)[C@@H]4CCC(=O)OC)C3=N1. The molecule has 1 fully saturated rings. The van der Waals surface area contributed by atoms with E-state index in [4.69, 9.17) is 24.5 Å². The number of fused-ring (bicyclic) bond motifs is 5. The lowest BCUT2D eigenvalue weighted by molar-refractivity contribution is -0.141. The minimum absolute atomic E-state index is 0.0355. The number of nitrogens with zero attached hydrogens (tertiary/aromatic N) is 4. The maximum absolute atomic E-state index is 12.4. The Morgan fingerprint density at radius 2 is 1.77 bits per heavy atom. The largest absolute Gasteiger partial charge is 0.511 e. The number of nitriles is 1. The Hall–Kier alpha value is -5.30. The summed E-state index contributed by atoms with van der Waals surface area (Å²) < 4.78 is 9.83. The number of aliphatic hydroxyl groups is 1. The molecule has 10 heteroatoms. The molecule has 5 heterocycles. The summed E-state index contributed by atoms with van der Waals surface area (Å²) >= 11 is 0. The Bertz CT molecular complexity index is 1980. The summed E-state index contributed by atoms with van der Waals surface area (Å²) in [7, 11) is 2.63. The van der Waals surface area contributed by atoms with Gasteiger partial charge in [0.25, 0.3) is 0 Å². The van der Waals surface area contributed by atoms with Gasteiger partial charge < -0.3 is 19.9 Å². The van der Waals surface area contributed by atoms with E-state index in [0.29, 0.717) is 29.8 Å². The molecule has 0 radical (unpaired) electrons. The Labute approximate surface area is 274 Å². The van der Waals surface area contributed by atoms with Crippen molar-refractivity contribution in [3.63, 3.8) is 0 Å². The molecule has 6 aliphatic rings. The van der Waals surface area contributed by atoms with E-state index in [1.807, 2.05) is 45.1 Å². The quantitative estimate of drug-likeness (QED) is 0.201. The zero-order valence-electron chi connectivity index (χ0n) is 27.7. The van der Waals surface area contributed by atoms with E-state index in [-0.39, 0.29) is 35.6 Å². The molecule has 1 saturated heterocycles. The van der Waals surface area contributed by atoms with Gasteiger partial charge in [-0.05, 0) is 80.2 Å². The van der Waals surface area contributed by atoms with Crippen molar-refractivity contribution in [3.05, 3.63) is 103 Å². The lowest BCUT2D eigenvalue weighted by Gasteiger charge is -2.17. The summed E-state index contributed by atoms with van der Waals surface area (Å²) in [4.78, 5) is 39.8. The first-order chi connectivity index (χ1) is 22.5. The van der Waals surface area contributed by atoms with Crippen LogP contribution in [0.1, 0.15) is 60.3 Å². The first-order valence-corrected chi connectivity index (χ1v) is 15.7. The zero-order chi connectivity index (χ0) is 33.7. The fourth-order valence-corrected chi connectivity index (χ4v) is 7.07.